The third kappa shape index (κ3) is 7.21. The number of ether oxygens (including phenoxy) is 3. The highest BCUT2D eigenvalue weighted by Crippen LogP contribution is 2.29. The van der Waals surface area contributed by atoms with Crippen molar-refractivity contribution < 1.29 is 28.6 Å². The zero-order valence-corrected chi connectivity index (χ0v) is 20.7. The van der Waals surface area contributed by atoms with Gasteiger partial charge < -0.3 is 19.5 Å². The van der Waals surface area contributed by atoms with Crippen LogP contribution in [0.3, 0.4) is 0 Å². The first-order valence-electron chi connectivity index (χ1n) is 10.5. The first-order valence-corrected chi connectivity index (χ1v) is 11.3. The van der Waals surface area contributed by atoms with Gasteiger partial charge in [0.25, 0.3) is 0 Å². The van der Waals surface area contributed by atoms with Gasteiger partial charge >= 0.3 is 17.8 Å². The lowest BCUT2D eigenvalue weighted by molar-refractivity contribution is -0.136. The van der Waals surface area contributed by atoms with E-state index in [1.165, 1.54) is 43.7 Å². The van der Waals surface area contributed by atoms with Crippen LogP contribution in [0.2, 0.25) is 10.0 Å². The maximum atomic E-state index is 12.4. The van der Waals surface area contributed by atoms with Crippen LogP contribution in [0.25, 0.3) is 0 Å². The molecule has 0 saturated carbocycles. The third-order valence-electron chi connectivity index (χ3n) is 4.55. The first-order chi connectivity index (χ1) is 17.3. The summed E-state index contributed by atoms with van der Waals surface area (Å²) in [5.41, 5.74) is 3.29. The summed E-state index contributed by atoms with van der Waals surface area (Å²) in [5, 5.41) is 6.77. The number of hydrogen-bond acceptors (Lipinski definition) is 7. The highest BCUT2D eigenvalue weighted by molar-refractivity contribution is 6.42. The quantitative estimate of drug-likeness (QED) is 0.143. The van der Waals surface area contributed by atoms with Crippen LogP contribution in [0.1, 0.15) is 22.8 Å². The Morgan fingerprint density at radius 2 is 1.67 bits per heavy atom. The summed E-state index contributed by atoms with van der Waals surface area (Å²) in [6.07, 6.45) is 1.30. The van der Waals surface area contributed by atoms with Crippen molar-refractivity contribution in [2.75, 3.05) is 19.0 Å². The van der Waals surface area contributed by atoms with Crippen LogP contribution in [0.15, 0.2) is 65.8 Å². The number of carbonyl (C=O) groups excluding carboxylic acids is 3. The normalized spacial score (nSPS) is 10.6. The number of anilines is 1. The Morgan fingerprint density at radius 1 is 0.917 bits per heavy atom. The number of hydrogen-bond donors (Lipinski definition) is 2. The molecule has 0 aliphatic carbocycles. The van der Waals surface area contributed by atoms with Crippen LogP contribution >= 0.6 is 23.2 Å². The molecule has 0 aliphatic rings. The van der Waals surface area contributed by atoms with Gasteiger partial charge in [-0.1, -0.05) is 23.2 Å². The van der Waals surface area contributed by atoms with E-state index >= 15 is 0 Å². The van der Waals surface area contributed by atoms with Crippen molar-refractivity contribution in [3.8, 4) is 17.2 Å². The molecule has 0 heterocycles. The zero-order chi connectivity index (χ0) is 26.1. The smallest absolute Gasteiger partial charge is 0.343 e. The summed E-state index contributed by atoms with van der Waals surface area (Å²) < 4.78 is 16.0. The standard InChI is InChI=1S/C25H21Cl2N3O6/c1-3-35-18-8-6-17(7-9-18)29-23(31)24(32)30-28-14-15-4-11-21(22(12-15)34-2)36-25(33)16-5-10-19(26)20(27)13-16/h4-14H,3H2,1-2H3,(H,29,31)(H,30,32). The van der Waals surface area contributed by atoms with Crippen molar-refractivity contribution in [3.63, 3.8) is 0 Å². The molecular formula is C25H21Cl2N3O6. The number of benzene rings is 3. The number of rotatable bonds is 8. The highest BCUT2D eigenvalue weighted by atomic mass is 35.5. The SMILES string of the molecule is CCOc1ccc(NC(=O)C(=O)NN=Cc2ccc(OC(=O)c3ccc(Cl)c(Cl)c3)c(OC)c2)cc1. The van der Waals surface area contributed by atoms with Gasteiger partial charge in [0.05, 0.1) is 35.5 Å². The topological polar surface area (TPSA) is 115 Å². The molecule has 0 aliphatic heterocycles. The minimum Gasteiger partial charge on any atom is -0.494 e. The second kappa shape index (κ2) is 12.6. The minimum absolute atomic E-state index is 0.157. The Hall–Kier alpha value is -4.08. The van der Waals surface area contributed by atoms with Gasteiger partial charge in [-0.2, -0.15) is 5.10 Å². The molecule has 3 rings (SSSR count). The van der Waals surface area contributed by atoms with Crippen molar-refractivity contribution in [2.24, 2.45) is 5.10 Å². The van der Waals surface area contributed by atoms with Gasteiger partial charge in [0.1, 0.15) is 5.75 Å². The Morgan fingerprint density at radius 3 is 2.33 bits per heavy atom. The van der Waals surface area contributed by atoms with E-state index in [1.54, 1.807) is 30.3 Å². The molecule has 2 amide bonds. The fourth-order valence-corrected chi connectivity index (χ4v) is 3.13. The summed E-state index contributed by atoms with van der Waals surface area (Å²) in [7, 11) is 1.40. The Bertz CT molecular complexity index is 1300. The summed E-state index contributed by atoms with van der Waals surface area (Å²) in [6, 6.07) is 15.6. The molecule has 11 heteroatoms. The molecule has 0 spiro atoms. The highest BCUT2D eigenvalue weighted by Gasteiger charge is 2.15. The molecule has 0 saturated heterocycles. The minimum atomic E-state index is -0.959. The fourth-order valence-electron chi connectivity index (χ4n) is 2.84. The molecule has 0 fully saturated rings. The van der Waals surface area contributed by atoms with Crippen molar-refractivity contribution in [1.29, 1.82) is 0 Å². The van der Waals surface area contributed by atoms with Crippen LogP contribution in [0, 0.1) is 0 Å². The molecule has 9 nitrogen and oxygen atoms in total. The van der Waals surface area contributed by atoms with Crippen LogP contribution in [-0.2, 0) is 9.59 Å². The van der Waals surface area contributed by atoms with Crippen molar-refractivity contribution in [2.45, 2.75) is 6.92 Å². The van der Waals surface area contributed by atoms with E-state index in [0.29, 0.717) is 28.6 Å². The molecule has 36 heavy (non-hydrogen) atoms. The summed E-state index contributed by atoms with van der Waals surface area (Å²) in [6.45, 7) is 2.38. The molecule has 0 radical (unpaired) electrons. The number of nitrogens with zero attached hydrogens (tertiary/aromatic N) is 1. The molecule has 2 N–H and O–H groups in total. The predicted molar refractivity (Wildman–Crippen MR) is 136 cm³/mol. The van der Waals surface area contributed by atoms with Crippen LogP contribution in [-0.4, -0.2) is 37.7 Å². The van der Waals surface area contributed by atoms with Gasteiger partial charge in [0, 0.05) is 5.69 Å². The fraction of sp³-hybridized carbons (Fsp3) is 0.120. The van der Waals surface area contributed by atoms with E-state index in [4.69, 9.17) is 37.4 Å². The second-order valence-corrected chi connectivity index (χ2v) is 7.85. The number of nitrogens with one attached hydrogen (secondary N) is 2. The first kappa shape index (κ1) is 26.5. The maximum absolute atomic E-state index is 12.4. The Kier molecular flexibility index (Phi) is 9.26. The molecule has 0 atom stereocenters. The second-order valence-electron chi connectivity index (χ2n) is 7.04. The van der Waals surface area contributed by atoms with Crippen molar-refractivity contribution in [1.82, 2.24) is 5.43 Å². The van der Waals surface area contributed by atoms with Gasteiger partial charge in [-0.25, -0.2) is 10.2 Å². The average Bonchev–Trinajstić information content (AvgIpc) is 2.87. The van der Waals surface area contributed by atoms with Gasteiger partial charge in [0.2, 0.25) is 0 Å². The number of carbonyl (C=O) groups is 3. The van der Waals surface area contributed by atoms with E-state index in [0.717, 1.165) is 0 Å². The molecule has 3 aromatic carbocycles. The van der Waals surface area contributed by atoms with E-state index in [9.17, 15) is 14.4 Å². The van der Waals surface area contributed by atoms with E-state index < -0.39 is 17.8 Å². The zero-order valence-electron chi connectivity index (χ0n) is 19.2. The van der Waals surface area contributed by atoms with Crippen molar-refractivity contribution >= 4 is 52.9 Å². The van der Waals surface area contributed by atoms with Gasteiger partial charge in [-0.05, 0) is 73.2 Å². The lowest BCUT2D eigenvalue weighted by Crippen LogP contribution is -2.32. The molecule has 0 aromatic heterocycles. The van der Waals surface area contributed by atoms with Crippen molar-refractivity contribution in [3.05, 3.63) is 81.8 Å². The van der Waals surface area contributed by atoms with Gasteiger partial charge in [-0.15, -0.1) is 0 Å². The maximum Gasteiger partial charge on any atom is 0.343 e. The van der Waals surface area contributed by atoms with Crippen LogP contribution < -0.4 is 25.0 Å². The number of amides is 2. The molecule has 0 bridgehead atoms. The third-order valence-corrected chi connectivity index (χ3v) is 5.29. The largest absolute Gasteiger partial charge is 0.494 e. The van der Waals surface area contributed by atoms with E-state index in [-0.39, 0.29) is 22.1 Å². The monoisotopic (exact) mass is 529 g/mol. The molecule has 3 aromatic rings. The van der Waals surface area contributed by atoms with E-state index in [2.05, 4.69) is 15.8 Å². The molecule has 0 unspecified atom stereocenters. The number of methoxy groups -OCH3 is 1. The number of hydrazone groups is 1. The lowest BCUT2D eigenvalue weighted by atomic mass is 10.2. The average molecular weight is 530 g/mol. The summed E-state index contributed by atoms with van der Waals surface area (Å²) in [4.78, 5) is 36.5. The van der Waals surface area contributed by atoms with Gasteiger partial charge in [0.15, 0.2) is 11.5 Å². The van der Waals surface area contributed by atoms with Crippen LogP contribution in [0.5, 0.6) is 17.2 Å². The Labute approximate surface area is 216 Å². The van der Waals surface area contributed by atoms with Gasteiger partial charge in [-0.3, -0.25) is 9.59 Å². The number of halogens is 2. The summed E-state index contributed by atoms with van der Waals surface area (Å²) in [5.74, 6) is -1.46. The molecule has 186 valence electrons. The molecular weight excluding hydrogens is 509 g/mol. The Balaban J connectivity index is 1.58. The van der Waals surface area contributed by atoms with E-state index in [1.807, 2.05) is 6.92 Å². The van der Waals surface area contributed by atoms with Crippen LogP contribution in [0.4, 0.5) is 5.69 Å². The number of esters is 1. The lowest BCUT2D eigenvalue weighted by Gasteiger charge is -2.10. The summed E-state index contributed by atoms with van der Waals surface area (Å²) >= 11 is 11.8. The predicted octanol–water partition coefficient (Wildman–Crippen LogP) is 4.71.